The Balaban J connectivity index is 1.50. The predicted molar refractivity (Wildman–Crippen MR) is 87.1 cm³/mol. The van der Waals surface area contributed by atoms with Gasteiger partial charge in [0.1, 0.15) is 11.9 Å². The average Bonchev–Trinajstić information content (AvgIpc) is 2.93. The van der Waals surface area contributed by atoms with E-state index in [4.69, 9.17) is 4.74 Å². The van der Waals surface area contributed by atoms with Crippen LogP contribution in [0.15, 0.2) is 30.3 Å². The zero-order chi connectivity index (χ0) is 16.1. The number of carbonyl (C=O) groups excluding carboxylic acids is 2. The largest absolute Gasteiger partial charge is 0.489 e. The molecule has 1 aromatic carbocycles. The molecule has 2 saturated heterocycles. The molecule has 1 aromatic rings. The highest BCUT2D eigenvalue weighted by molar-refractivity contribution is 5.85. The van der Waals surface area contributed by atoms with E-state index in [0.717, 1.165) is 31.4 Å². The van der Waals surface area contributed by atoms with E-state index in [-0.39, 0.29) is 24.5 Å². The van der Waals surface area contributed by atoms with Crippen LogP contribution in [0.2, 0.25) is 0 Å². The van der Waals surface area contributed by atoms with Crippen LogP contribution < -0.4 is 4.74 Å². The summed E-state index contributed by atoms with van der Waals surface area (Å²) in [6.45, 7) is 2.24. The van der Waals surface area contributed by atoms with Crippen LogP contribution in [0.1, 0.15) is 32.1 Å². The van der Waals surface area contributed by atoms with Gasteiger partial charge in [-0.2, -0.15) is 0 Å². The minimum Gasteiger partial charge on any atom is -0.489 e. The lowest BCUT2D eigenvalue weighted by Crippen LogP contribution is -2.42. The minimum atomic E-state index is 0.0411. The van der Waals surface area contributed by atoms with Crippen LogP contribution in [0.3, 0.4) is 0 Å². The molecule has 2 aliphatic heterocycles. The molecule has 2 heterocycles. The van der Waals surface area contributed by atoms with Gasteiger partial charge in [-0.15, -0.1) is 0 Å². The number of likely N-dealkylation sites (tertiary alicyclic amines) is 2. The first-order valence-corrected chi connectivity index (χ1v) is 8.49. The molecular weight excluding hydrogens is 292 g/mol. The van der Waals surface area contributed by atoms with E-state index in [2.05, 4.69) is 0 Å². The van der Waals surface area contributed by atoms with Crippen LogP contribution in [0, 0.1) is 0 Å². The van der Waals surface area contributed by atoms with Gasteiger partial charge >= 0.3 is 0 Å². The number of rotatable bonds is 4. The van der Waals surface area contributed by atoms with Crippen molar-refractivity contribution in [3.05, 3.63) is 30.3 Å². The molecule has 0 radical (unpaired) electrons. The van der Waals surface area contributed by atoms with Crippen LogP contribution in [0.25, 0.3) is 0 Å². The maximum Gasteiger partial charge on any atom is 0.242 e. The summed E-state index contributed by atoms with van der Waals surface area (Å²) in [6, 6.07) is 9.70. The van der Waals surface area contributed by atoms with Crippen molar-refractivity contribution in [1.29, 1.82) is 0 Å². The van der Waals surface area contributed by atoms with Crippen molar-refractivity contribution < 1.29 is 14.3 Å². The third kappa shape index (κ3) is 4.24. The monoisotopic (exact) mass is 316 g/mol. The predicted octanol–water partition coefficient (Wildman–Crippen LogP) is 2.07. The van der Waals surface area contributed by atoms with Crippen molar-refractivity contribution in [2.24, 2.45) is 0 Å². The Bertz CT molecular complexity index is 546. The fourth-order valence-electron chi connectivity index (χ4n) is 3.21. The zero-order valence-electron chi connectivity index (χ0n) is 13.4. The van der Waals surface area contributed by atoms with Gasteiger partial charge in [0.05, 0.1) is 13.1 Å². The van der Waals surface area contributed by atoms with Crippen LogP contribution in [0.4, 0.5) is 0 Å². The summed E-state index contributed by atoms with van der Waals surface area (Å²) in [6.07, 6.45) is 4.48. The molecule has 124 valence electrons. The third-order valence-corrected chi connectivity index (χ3v) is 4.54. The molecule has 2 fully saturated rings. The van der Waals surface area contributed by atoms with E-state index in [1.807, 2.05) is 35.2 Å². The third-order valence-electron chi connectivity index (χ3n) is 4.54. The van der Waals surface area contributed by atoms with Crippen LogP contribution in [0.5, 0.6) is 5.75 Å². The second-order valence-electron chi connectivity index (χ2n) is 6.31. The molecule has 0 aliphatic carbocycles. The number of carbonyl (C=O) groups is 2. The summed E-state index contributed by atoms with van der Waals surface area (Å²) < 4.78 is 5.91. The van der Waals surface area contributed by atoms with E-state index in [0.29, 0.717) is 26.1 Å². The Hall–Kier alpha value is -2.04. The molecular formula is C18H24N2O3. The normalized spacial score (nSPS) is 22.1. The lowest BCUT2D eigenvalue weighted by molar-refractivity contribution is -0.139. The molecule has 23 heavy (non-hydrogen) atoms. The number of nitrogens with zero attached hydrogens (tertiary/aromatic N) is 2. The molecule has 0 aromatic heterocycles. The molecule has 5 heteroatoms. The maximum atomic E-state index is 12.4. The van der Waals surface area contributed by atoms with Crippen molar-refractivity contribution >= 4 is 11.8 Å². The average molecular weight is 316 g/mol. The molecule has 1 atom stereocenters. The Morgan fingerprint density at radius 2 is 1.96 bits per heavy atom. The van der Waals surface area contributed by atoms with E-state index in [9.17, 15) is 9.59 Å². The Morgan fingerprint density at radius 1 is 1.13 bits per heavy atom. The Morgan fingerprint density at radius 3 is 2.78 bits per heavy atom. The summed E-state index contributed by atoms with van der Waals surface area (Å²) >= 11 is 0. The number of hydrogen-bond donors (Lipinski definition) is 0. The number of ether oxygens (including phenoxy) is 1. The van der Waals surface area contributed by atoms with Crippen LogP contribution in [-0.4, -0.2) is 53.9 Å². The van der Waals surface area contributed by atoms with Gasteiger partial charge in [-0.05, 0) is 25.0 Å². The first kappa shape index (κ1) is 15.8. The molecule has 0 saturated carbocycles. The number of para-hydroxylation sites is 1. The topological polar surface area (TPSA) is 49.9 Å². The van der Waals surface area contributed by atoms with E-state index >= 15 is 0 Å². The van der Waals surface area contributed by atoms with Gasteiger partial charge < -0.3 is 14.5 Å². The van der Waals surface area contributed by atoms with Crippen molar-refractivity contribution in [3.8, 4) is 5.75 Å². The van der Waals surface area contributed by atoms with Crippen molar-refractivity contribution in [3.63, 3.8) is 0 Å². The highest BCUT2D eigenvalue weighted by Gasteiger charge is 2.29. The summed E-state index contributed by atoms with van der Waals surface area (Å²) in [7, 11) is 0. The fourth-order valence-corrected chi connectivity index (χ4v) is 3.21. The quantitative estimate of drug-likeness (QED) is 0.854. The number of amides is 2. The van der Waals surface area contributed by atoms with E-state index in [1.165, 1.54) is 0 Å². The fraction of sp³-hybridized carbons (Fsp3) is 0.556. The van der Waals surface area contributed by atoms with Gasteiger partial charge in [-0.3, -0.25) is 9.59 Å². The molecule has 0 unspecified atom stereocenters. The molecule has 0 spiro atoms. The number of benzene rings is 1. The molecule has 3 rings (SSSR count). The molecule has 5 nitrogen and oxygen atoms in total. The second kappa shape index (κ2) is 7.49. The highest BCUT2D eigenvalue weighted by Crippen LogP contribution is 2.19. The van der Waals surface area contributed by atoms with Gasteiger partial charge in [-0.25, -0.2) is 0 Å². The standard InChI is InChI=1S/C18H24N2O3/c21-17-9-5-2-6-11-19(17)14-18(22)20-12-10-16(13-20)23-15-7-3-1-4-8-15/h1,3-4,7-8,16H,2,5-6,9-14H2/t16-/m0/s1. The van der Waals surface area contributed by atoms with Gasteiger partial charge in [0.2, 0.25) is 11.8 Å². The number of hydrogen-bond acceptors (Lipinski definition) is 3. The highest BCUT2D eigenvalue weighted by atomic mass is 16.5. The lowest BCUT2D eigenvalue weighted by atomic mass is 10.2. The summed E-state index contributed by atoms with van der Waals surface area (Å²) in [5.41, 5.74) is 0. The Labute approximate surface area is 137 Å². The van der Waals surface area contributed by atoms with Gasteiger partial charge in [0, 0.05) is 25.9 Å². The minimum absolute atomic E-state index is 0.0411. The first-order valence-electron chi connectivity index (χ1n) is 8.49. The Kier molecular flexibility index (Phi) is 5.16. The molecule has 0 N–H and O–H groups in total. The molecule has 0 bridgehead atoms. The van der Waals surface area contributed by atoms with Crippen LogP contribution >= 0.6 is 0 Å². The van der Waals surface area contributed by atoms with Crippen molar-refractivity contribution in [2.75, 3.05) is 26.2 Å². The molecule has 2 aliphatic rings. The SMILES string of the molecule is O=C1CCCCCN1CC(=O)N1CC[C@H](Oc2ccccc2)C1. The molecule has 2 amide bonds. The summed E-state index contributed by atoms with van der Waals surface area (Å²) in [4.78, 5) is 28.0. The van der Waals surface area contributed by atoms with Crippen LogP contribution in [-0.2, 0) is 9.59 Å². The zero-order valence-corrected chi connectivity index (χ0v) is 13.4. The first-order chi connectivity index (χ1) is 11.2. The van der Waals surface area contributed by atoms with E-state index < -0.39 is 0 Å². The summed E-state index contributed by atoms with van der Waals surface area (Å²) in [5.74, 6) is 1.00. The maximum absolute atomic E-state index is 12.4. The van der Waals surface area contributed by atoms with Gasteiger partial charge in [0.15, 0.2) is 0 Å². The van der Waals surface area contributed by atoms with Crippen molar-refractivity contribution in [2.45, 2.75) is 38.2 Å². The van der Waals surface area contributed by atoms with Gasteiger partial charge in [0.25, 0.3) is 0 Å². The summed E-state index contributed by atoms with van der Waals surface area (Å²) in [5, 5.41) is 0. The van der Waals surface area contributed by atoms with Gasteiger partial charge in [-0.1, -0.05) is 24.6 Å². The smallest absolute Gasteiger partial charge is 0.242 e. The van der Waals surface area contributed by atoms with E-state index in [1.54, 1.807) is 4.90 Å². The second-order valence-corrected chi connectivity index (χ2v) is 6.31. The van der Waals surface area contributed by atoms with Crippen molar-refractivity contribution in [1.82, 2.24) is 9.80 Å². The lowest BCUT2D eigenvalue weighted by Gasteiger charge is -2.24.